The number of H-pyrrole nitrogens is 1. The van der Waals surface area contributed by atoms with E-state index in [1.807, 2.05) is 67.7 Å². The first-order valence-corrected chi connectivity index (χ1v) is 12.5. The molecule has 0 radical (unpaired) electrons. The van der Waals surface area contributed by atoms with Crippen LogP contribution in [0.1, 0.15) is 30.1 Å². The van der Waals surface area contributed by atoms with Gasteiger partial charge < -0.3 is 9.72 Å². The van der Waals surface area contributed by atoms with Crippen LogP contribution in [0.5, 0.6) is 0 Å². The summed E-state index contributed by atoms with van der Waals surface area (Å²) in [6, 6.07) is 23.5. The molecule has 0 saturated carbocycles. The van der Waals surface area contributed by atoms with E-state index in [4.69, 9.17) is 21.5 Å². The summed E-state index contributed by atoms with van der Waals surface area (Å²) in [7, 11) is -3.83. The standard InChI is InChI=1S/C26H23ClN2O4S/c1-17(26(33-16-30)20-9-13-22(14-10-20)34(28,31)32)23-15-29-25(19-7-11-21(27)12-8-19)24(23)18-5-3-2-4-6-18/h2-17,26,29H,1H3,(H2,28,31,32). The summed E-state index contributed by atoms with van der Waals surface area (Å²) in [5.74, 6) is -0.266. The van der Waals surface area contributed by atoms with Gasteiger partial charge in [-0.3, -0.25) is 4.79 Å². The van der Waals surface area contributed by atoms with E-state index in [9.17, 15) is 13.2 Å². The van der Waals surface area contributed by atoms with Gasteiger partial charge in [0.1, 0.15) is 6.10 Å². The Morgan fingerprint density at radius 1 is 0.941 bits per heavy atom. The van der Waals surface area contributed by atoms with Gasteiger partial charge in [-0.25, -0.2) is 13.6 Å². The number of hydrogen-bond donors (Lipinski definition) is 2. The van der Waals surface area contributed by atoms with Gasteiger partial charge in [0.2, 0.25) is 10.0 Å². The Morgan fingerprint density at radius 3 is 2.18 bits per heavy atom. The molecule has 8 heteroatoms. The zero-order valence-electron chi connectivity index (χ0n) is 18.3. The molecule has 6 nitrogen and oxygen atoms in total. The molecule has 4 aromatic rings. The molecule has 0 saturated heterocycles. The number of benzene rings is 3. The summed E-state index contributed by atoms with van der Waals surface area (Å²) < 4.78 is 28.8. The molecule has 2 atom stereocenters. The number of carbonyl (C=O) groups excluding carboxylic acids is 1. The van der Waals surface area contributed by atoms with E-state index >= 15 is 0 Å². The minimum atomic E-state index is -3.83. The second kappa shape index (κ2) is 9.85. The molecule has 0 aliphatic heterocycles. The maximum Gasteiger partial charge on any atom is 0.293 e. The quantitative estimate of drug-likeness (QED) is 0.308. The van der Waals surface area contributed by atoms with Crippen LogP contribution in [0.3, 0.4) is 0 Å². The van der Waals surface area contributed by atoms with Crippen molar-refractivity contribution >= 4 is 28.1 Å². The third-order valence-electron chi connectivity index (χ3n) is 5.79. The van der Waals surface area contributed by atoms with Crippen LogP contribution in [0.25, 0.3) is 22.4 Å². The van der Waals surface area contributed by atoms with Crippen molar-refractivity contribution in [1.82, 2.24) is 4.98 Å². The lowest BCUT2D eigenvalue weighted by Gasteiger charge is -2.24. The van der Waals surface area contributed by atoms with Crippen LogP contribution in [-0.4, -0.2) is 19.9 Å². The lowest BCUT2D eigenvalue weighted by molar-refractivity contribution is -0.134. The van der Waals surface area contributed by atoms with Crippen molar-refractivity contribution in [2.45, 2.75) is 23.8 Å². The fourth-order valence-electron chi connectivity index (χ4n) is 4.11. The fourth-order valence-corrected chi connectivity index (χ4v) is 4.75. The van der Waals surface area contributed by atoms with Crippen LogP contribution in [0.4, 0.5) is 0 Å². The second-order valence-corrected chi connectivity index (χ2v) is 9.92. The molecule has 3 aromatic carbocycles. The highest BCUT2D eigenvalue weighted by atomic mass is 35.5. The second-order valence-electron chi connectivity index (χ2n) is 7.92. The van der Waals surface area contributed by atoms with Gasteiger partial charge in [-0.1, -0.05) is 73.1 Å². The average molecular weight is 495 g/mol. The van der Waals surface area contributed by atoms with Crippen LogP contribution in [0.2, 0.25) is 5.02 Å². The molecular weight excluding hydrogens is 472 g/mol. The number of aromatic nitrogens is 1. The Labute approximate surface area is 203 Å². The smallest absolute Gasteiger partial charge is 0.293 e. The van der Waals surface area contributed by atoms with Gasteiger partial charge >= 0.3 is 0 Å². The molecule has 0 aliphatic rings. The fraction of sp³-hybridized carbons (Fsp3) is 0.115. The molecule has 0 amide bonds. The van der Waals surface area contributed by atoms with E-state index in [0.29, 0.717) is 17.1 Å². The summed E-state index contributed by atoms with van der Waals surface area (Å²) >= 11 is 6.09. The molecule has 2 unspecified atom stereocenters. The number of aromatic amines is 1. The Kier molecular flexibility index (Phi) is 6.88. The molecule has 1 aromatic heterocycles. The number of sulfonamides is 1. The van der Waals surface area contributed by atoms with Crippen molar-refractivity contribution < 1.29 is 17.9 Å². The Bertz CT molecular complexity index is 1380. The van der Waals surface area contributed by atoms with Gasteiger partial charge in [-0.15, -0.1) is 0 Å². The van der Waals surface area contributed by atoms with Crippen LogP contribution < -0.4 is 5.14 Å². The summed E-state index contributed by atoms with van der Waals surface area (Å²) in [6.07, 6.45) is 1.26. The maximum absolute atomic E-state index is 11.6. The molecule has 0 spiro atoms. The molecule has 0 fully saturated rings. The van der Waals surface area contributed by atoms with Crippen molar-refractivity contribution in [3.8, 4) is 22.4 Å². The number of ether oxygens (including phenoxy) is 1. The highest BCUT2D eigenvalue weighted by Crippen LogP contribution is 2.43. The van der Waals surface area contributed by atoms with Crippen molar-refractivity contribution in [3.63, 3.8) is 0 Å². The number of primary sulfonamides is 1. The lowest BCUT2D eigenvalue weighted by atomic mass is 9.86. The number of hydrogen-bond acceptors (Lipinski definition) is 4. The zero-order valence-corrected chi connectivity index (χ0v) is 19.9. The molecule has 0 bridgehead atoms. The minimum absolute atomic E-state index is 0.00889. The molecule has 1 heterocycles. The normalized spacial score (nSPS) is 13.3. The number of halogens is 1. The van der Waals surface area contributed by atoms with E-state index in [1.165, 1.54) is 12.1 Å². The van der Waals surface area contributed by atoms with Crippen LogP contribution >= 0.6 is 11.6 Å². The van der Waals surface area contributed by atoms with Crippen LogP contribution in [0, 0.1) is 0 Å². The van der Waals surface area contributed by atoms with Gasteiger partial charge in [0.15, 0.2) is 0 Å². The first-order valence-electron chi connectivity index (χ1n) is 10.5. The molecule has 0 aliphatic carbocycles. The molecule has 34 heavy (non-hydrogen) atoms. The third-order valence-corrected chi connectivity index (χ3v) is 6.97. The van der Waals surface area contributed by atoms with E-state index in [-0.39, 0.29) is 10.8 Å². The SMILES string of the molecule is CC(c1c[nH]c(-c2ccc(Cl)cc2)c1-c1ccccc1)C(OC=O)c1ccc(S(N)(=O)=O)cc1. The van der Waals surface area contributed by atoms with Crippen molar-refractivity contribution in [1.29, 1.82) is 0 Å². The zero-order chi connectivity index (χ0) is 24.3. The van der Waals surface area contributed by atoms with E-state index in [0.717, 1.165) is 27.9 Å². The number of nitrogens with one attached hydrogen (secondary N) is 1. The predicted octanol–water partition coefficient (Wildman–Crippen LogP) is 5.67. The van der Waals surface area contributed by atoms with Gasteiger partial charge in [0.05, 0.1) is 10.6 Å². The predicted molar refractivity (Wildman–Crippen MR) is 133 cm³/mol. The maximum atomic E-state index is 11.6. The summed E-state index contributed by atoms with van der Waals surface area (Å²) in [5.41, 5.74) is 5.46. The number of rotatable bonds is 8. The molecule has 4 rings (SSSR count). The average Bonchev–Trinajstić information content (AvgIpc) is 3.28. The Balaban J connectivity index is 1.81. The van der Waals surface area contributed by atoms with Crippen molar-refractivity contribution in [2.24, 2.45) is 5.14 Å². The van der Waals surface area contributed by atoms with Gasteiger partial charge in [-0.2, -0.15) is 0 Å². The van der Waals surface area contributed by atoms with Crippen molar-refractivity contribution in [3.05, 3.63) is 101 Å². The molecule has 174 valence electrons. The summed E-state index contributed by atoms with van der Waals surface area (Å²) in [4.78, 5) is 14.8. The van der Waals surface area contributed by atoms with Crippen LogP contribution in [-0.2, 0) is 19.6 Å². The van der Waals surface area contributed by atoms with E-state index in [1.54, 1.807) is 12.1 Å². The molecule has 3 N–H and O–H groups in total. The summed E-state index contributed by atoms with van der Waals surface area (Å²) in [6.45, 7) is 2.37. The number of carbonyl (C=O) groups is 1. The van der Waals surface area contributed by atoms with Crippen LogP contribution in [0.15, 0.2) is 90.0 Å². The molecular formula is C26H23ClN2O4S. The Morgan fingerprint density at radius 2 is 1.59 bits per heavy atom. The minimum Gasteiger partial charge on any atom is -0.459 e. The van der Waals surface area contributed by atoms with E-state index < -0.39 is 16.1 Å². The van der Waals surface area contributed by atoms with Gasteiger partial charge in [0.25, 0.3) is 6.47 Å². The first kappa shape index (κ1) is 23.8. The Hall–Kier alpha value is -3.39. The van der Waals surface area contributed by atoms with Gasteiger partial charge in [-0.05, 0) is 46.5 Å². The van der Waals surface area contributed by atoms with E-state index in [2.05, 4.69) is 4.98 Å². The third kappa shape index (κ3) is 4.92. The van der Waals surface area contributed by atoms with Gasteiger partial charge in [0, 0.05) is 22.7 Å². The lowest BCUT2D eigenvalue weighted by Crippen LogP contribution is -2.14. The summed E-state index contributed by atoms with van der Waals surface area (Å²) in [5, 5.41) is 5.86. The first-order chi connectivity index (χ1) is 16.3. The van der Waals surface area contributed by atoms with Crippen molar-refractivity contribution in [2.75, 3.05) is 0 Å². The highest BCUT2D eigenvalue weighted by molar-refractivity contribution is 7.89. The monoisotopic (exact) mass is 494 g/mol. The highest BCUT2D eigenvalue weighted by Gasteiger charge is 2.28. The topological polar surface area (TPSA) is 102 Å². The number of nitrogens with two attached hydrogens (primary N) is 1. The largest absolute Gasteiger partial charge is 0.459 e.